The third-order valence-electron chi connectivity index (χ3n) is 1.83. The number of hydrogen-bond donors (Lipinski definition) is 2. The van der Waals surface area contributed by atoms with Crippen molar-refractivity contribution in [1.29, 1.82) is 0 Å². The second-order valence-corrected chi connectivity index (χ2v) is 3.03. The second kappa shape index (κ2) is 6.58. The highest BCUT2D eigenvalue weighted by atomic mass is 16.5. The van der Waals surface area contributed by atoms with Gasteiger partial charge in [0, 0.05) is 6.20 Å². The maximum absolute atomic E-state index is 11.0. The fraction of sp³-hybridized carbons (Fsp3) is 0.273. The smallest absolute Gasteiger partial charge is 0.309 e. The van der Waals surface area contributed by atoms with Crippen LogP contribution in [0.4, 0.5) is 5.82 Å². The maximum Gasteiger partial charge on any atom is 0.309 e. The van der Waals surface area contributed by atoms with E-state index in [1.807, 2.05) is 12.1 Å². The Morgan fingerprint density at radius 2 is 2.44 bits per heavy atom. The van der Waals surface area contributed by atoms with E-state index in [1.165, 1.54) is 0 Å². The van der Waals surface area contributed by atoms with Gasteiger partial charge in [-0.1, -0.05) is 12.2 Å². The number of hydrazine groups is 1. The number of esters is 1. The first-order valence-electron chi connectivity index (χ1n) is 5.01. The van der Waals surface area contributed by atoms with Gasteiger partial charge < -0.3 is 10.2 Å². The molecule has 0 aliphatic carbocycles. The maximum atomic E-state index is 11.0. The van der Waals surface area contributed by atoms with Crippen molar-refractivity contribution in [1.82, 2.24) is 4.98 Å². The van der Waals surface area contributed by atoms with Gasteiger partial charge >= 0.3 is 5.97 Å². The average molecular weight is 221 g/mol. The van der Waals surface area contributed by atoms with Crippen LogP contribution in [0.3, 0.4) is 0 Å². The molecule has 0 aliphatic heterocycles. The van der Waals surface area contributed by atoms with Crippen LogP contribution >= 0.6 is 0 Å². The van der Waals surface area contributed by atoms with Gasteiger partial charge in [-0.3, -0.25) is 4.79 Å². The van der Waals surface area contributed by atoms with Crippen molar-refractivity contribution in [2.75, 3.05) is 12.0 Å². The molecule has 0 saturated heterocycles. The van der Waals surface area contributed by atoms with E-state index >= 15 is 0 Å². The van der Waals surface area contributed by atoms with Gasteiger partial charge in [0.1, 0.15) is 5.82 Å². The SMILES string of the molecule is CCOC(=O)CC=Cc1ccc(NN)nc1. The Balaban J connectivity index is 2.46. The van der Waals surface area contributed by atoms with E-state index in [0.717, 1.165) is 5.56 Å². The molecule has 0 unspecified atom stereocenters. The molecule has 0 bridgehead atoms. The minimum atomic E-state index is -0.230. The number of nitrogens with two attached hydrogens (primary N) is 1. The number of ether oxygens (including phenoxy) is 1. The van der Waals surface area contributed by atoms with E-state index in [9.17, 15) is 4.79 Å². The number of nitrogens with one attached hydrogen (secondary N) is 1. The monoisotopic (exact) mass is 221 g/mol. The molecule has 1 heterocycles. The van der Waals surface area contributed by atoms with Gasteiger partial charge in [0.15, 0.2) is 0 Å². The largest absolute Gasteiger partial charge is 0.466 e. The highest BCUT2D eigenvalue weighted by molar-refractivity contribution is 5.72. The van der Waals surface area contributed by atoms with Crippen LogP contribution in [0.2, 0.25) is 0 Å². The molecule has 1 aromatic heterocycles. The molecular formula is C11H15N3O2. The summed E-state index contributed by atoms with van der Waals surface area (Å²) in [5.41, 5.74) is 3.34. The Hall–Kier alpha value is -1.88. The van der Waals surface area contributed by atoms with Gasteiger partial charge in [0.25, 0.3) is 0 Å². The molecule has 3 N–H and O–H groups in total. The number of carbonyl (C=O) groups is 1. The summed E-state index contributed by atoms with van der Waals surface area (Å²) in [6.45, 7) is 2.19. The first-order valence-corrected chi connectivity index (χ1v) is 5.01. The van der Waals surface area contributed by atoms with Gasteiger partial charge in [-0.2, -0.15) is 0 Å². The van der Waals surface area contributed by atoms with Crippen molar-refractivity contribution in [3.05, 3.63) is 30.0 Å². The topological polar surface area (TPSA) is 77.2 Å². The quantitative estimate of drug-likeness (QED) is 0.445. The number of nitrogens with zero attached hydrogens (tertiary/aromatic N) is 1. The number of anilines is 1. The van der Waals surface area contributed by atoms with E-state index in [1.54, 1.807) is 25.3 Å². The number of nitrogen functional groups attached to an aromatic ring is 1. The molecule has 0 amide bonds. The van der Waals surface area contributed by atoms with Crippen molar-refractivity contribution < 1.29 is 9.53 Å². The normalized spacial score (nSPS) is 10.4. The molecule has 0 aromatic carbocycles. The lowest BCUT2D eigenvalue weighted by molar-refractivity contribution is -0.142. The fourth-order valence-electron chi connectivity index (χ4n) is 1.10. The summed E-state index contributed by atoms with van der Waals surface area (Å²) in [5.74, 6) is 5.55. The third kappa shape index (κ3) is 4.10. The predicted octanol–water partition coefficient (Wildman–Crippen LogP) is 1.33. The molecule has 0 atom stereocenters. The number of pyridine rings is 1. The molecule has 0 radical (unpaired) electrons. The molecule has 1 rings (SSSR count). The summed E-state index contributed by atoms with van der Waals surface area (Å²) in [5, 5.41) is 0. The summed E-state index contributed by atoms with van der Waals surface area (Å²) >= 11 is 0. The summed E-state index contributed by atoms with van der Waals surface area (Å²) in [6.07, 6.45) is 5.48. The van der Waals surface area contributed by atoms with Crippen molar-refractivity contribution in [2.45, 2.75) is 13.3 Å². The van der Waals surface area contributed by atoms with Crippen LogP contribution in [0.15, 0.2) is 24.4 Å². The molecule has 86 valence electrons. The summed E-state index contributed by atoms with van der Waals surface area (Å²) in [6, 6.07) is 3.61. The van der Waals surface area contributed by atoms with Gasteiger partial charge in [-0.15, -0.1) is 0 Å². The lowest BCUT2D eigenvalue weighted by Gasteiger charge is -1.98. The van der Waals surface area contributed by atoms with Crippen LogP contribution in [0.1, 0.15) is 18.9 Å². The molecule has 0 fully saturated rings. The molecule has 0 aliphatic rings. The first-order chi connectivity index (χ1) is 7.76. The Morgan fingerprint density at radius 3 is 3.00 bits per heavy atom. The molecule has 5 heteroatoms. The Bertz CT molecular complexity index is 360. The minimum absolute atomic E-state index is 0.230. The first kappa shape index (κ1) is 12.2. The number of carbonyl (C=O) groups excluding carboxylic acids is 1. The zero-order chi connectivity index (χ0) is 11.8. The fourth-order valence-corrected chi connectivity index (χ4v) is 1.10. The van der Waals surface area contributed by atoms with E-state index in [0.29, 0.717) is 12.4 Å². The van der Waals surface area contributed by atoms with Crippen LogP contribution in [-0.4, -0.2) is 17.6 Å². The molecule has 5 nitrogen and oxygen atoms in total. The van der Waals surface area contributed by atoms with Gasteiger partial charge in [-0.25, -0.2) is 10.8 Å². The Morgan fingerprint density at radius 1 is 1.62 bits per heavy atom. The van der Waals surface area contributed by atoms with Crippen molar-refractivity contribution in [3.63, 3.8) is 0 Å². The zero-order valence-corrected chi connectivity index (χ0v) is 9.14. The van der Waals surface area contributed by atoms with E-state index in [-0.39, 0.29) is 12.4 Å². The van der Waals surface area contributed by atoms with E-state index in [2.05, 4.69) is 10.4 Å². The molecule has 0 saturated carbocycles. The Kier molecular flexibility index (Phi) is 5.01. The highest BCUT2D eigenvalue weighted by Crippen LogP contribution is 2.05. The van der Waals surface area contributed by atoms with Crippen molar-refractivity contribution in [3.8, 4) is 0 Å². The van der Waals surface area contributed by atoms with E-state index in [4.69, 9.17) is 10.6 Å². The minimum Gasteiger partial charge on any atom is -0.466 e. The third-order valence-corrected chi connectivity index (χ3v) is 1.83. The molecule has 16 heavy (non-hydrogen) atoms. The lowest BCUT2D eigenvalue weighted by atomic mass is 10.2. The van der Waals surface area contributed by atoms with Gasteiger partial charge in [0.2, 0.25) is 0 Å². The average Bonchev–Trinajstić information content (AvgIpc) is 2.30. The Labute approximate surface area is 94.3 Å². The lowest BCUT2D eigenvalue weighted by Crippen LogP contribution is -2.07. The van der Waals surface area contributed by atoms with Crippen LogP contribution in [0.25, 0.3) is 6.08 Å². The summed E-state index contributed by atoms with van der Waals surface area (Å²) < 4.78 is 4.78. The van der Waals surface area contributed by atoms with Gasteiger partial charge in [0.05, 0.1) is 13.0 Å². The van der Waals surface area contributed by atoms with Crippen molar-refractivity contribution in [2.24, 2.45) is 5.84 Å². The van der Waals surface area contributed by atoms with Crippen molar-refractivity contribution >= 4 is 17.9 Å². The standard InChI is InChI=1S/C11H15N3O2/c1-2-16-11(15)5-3-4-9-6-7-10(14-12)13-8-9/h3-4,6-8H,2,5,12H2,1H3,(H,13,14). The summed E-state index contributed by atoms with van der Waals surface area (Å²) in [4.78, 5) is 15.0. The van der Waals surface area contributed by atoms with Crippen LogP contribution < -0.4 is 11.3 Å². The molecule has 0 spiro atoms. The van der Waals surface area contributed by atoms with Gasteiger partial charge in [-0.05, 0) is 24.6 Å². The predicted molar refractivity (Wildman–Crippen MR) is 62.3 cm³/mol. The molecular weight excluding hydrogens is 206 g/mol. The number of aromatic nitrogens is 1. The van der Waals surface area contributed by atoms with Crippen LogP contribution in [0.5, 0.6) is 0 Å². The number of rotatable bonds is 5. The summed E-state index contributed by atoms with van der Waals surface area (Å²) in [7, 11) is 0. The van der Waals surface area contributed by atoms with E-state index < -0.39 is 0 Å². The highest BCUT2D eigenvalue weighted by Gasteiger charge is 1.96. The number of hydrogen-bond acceptors (Lipinski definition) is 5. The molecule has 1 aromatic rings. The second-order valence-electron chi connectivity index (χ2n) is 3.03. The zero-order valence-electron chi connectivity index (χ0n) is 9.14. The van der Waals surface area contributed by atoms with Crippen LogP contribution in [-0.2, 0) is 9.53 Å². The van der Waals surface area contributed by atoms with Crippen LogP contribution in [0, 0.1) is 0 Å².